The Balaban J connectivity index is 2.13. The number of rotatable bonds is 4. The van der Waals surface area contributed by atoms with Crippen molar-refractivity contribution in [3.63, 3.8) is 0 Å². The van der Waals surface area contributed by atoms with E-state index >= 15 is 0 Å². The van der Waals surface area contributed by atoms with Gasteiger partial charge in [-0.05, 0) is 44.4 Å². The molecular formula is C13H21N3O. The number of nitrogens with zero attached hydrogens (tertiary/aromatic N) is 1. The number of nitrogens with one attached hydrogen (secondary N) is 1. The van der Waals surface area contributed by atoms with Gasteiger partial charge in [-0.3, -0.25) is 4.79 Å². The van der Waals surface area contributed by atoms with Crippen LogP contribution in [0.5, 0.6) is 0 Å². The fourth-order valence-electron chi connectivity index (χ4n) is 2.85. The molecule has 4 nitrogen and oxygen atoms in total. The molecule has 94 valence electrons. The van der Waals surface area contributed by atoms with Crippen LogP contribution in [0.25, 0.3) is 0 Å². The molecule has 1 amide bonds. The minimum absolute atomic E-state index is 0.0999. The Kier molecular flexibility index (Phi) is 3.84. The van der Waals surface area contributed by atoms with Gasteiger partial charge in [-0.2, -0.15) is 0 Å². The highest BCUT2D eigenvalue weighted by molar-refractivity contribution is 5.92. The highest BCUT2D eigenvalue weighted by Crippen LogP contribution is 2.29. The molecule has 1 aromatic heterocycles. The smallest absolute Gasteiger partial charge is 0.270 e. The van der Waals surface area contributed by atoms with Crippen LogP contribution < -0.4 is 5.73 Å². The van der Waals surface area contributed by atoms with Gasteiger partial charge in [0.1, 0.15) is 5.69 Å². The fourth-order valence-corrected chi connectivity index (χ4v) is 2.85. The largest absolute Gasteiger partial charge is 0.357 e. The summed E-state index contributed by atoms with van der Waals surface area (Å²) in [6.45, 7) is 3.46. The standard InChI is InChI=1S/C13H21N3O/c1-2-16(12-7-3-5-10(12)9-14)13(17)11-6-4-8-15-11/h4,6,8,10,12,15H,2-3,5,7,9,14H2,1H3. The van der Waals surface area contributed by atoms with Gasteiger partial charge in [0, 0.05) is 18.8 Å². The Morgan fingerprint density at radius 1 is 1.59 bits per heavy atom. The molecule has 2 rings (SSSR count). The van der Waals surface area contributed by atoms with Crippen LogP contribution in [0.3, 0.4) is 0 Å². The van der Waals surface area contributed by atoms with E-state index in [0.29, 0.717) is 24.2 Å². The minimum Gasteiger partial charge on any atom is -0.357 e. The van der Waals surface area contributed by atoms with Crippen molar-refractivity contribution in [3.05, 3.63) is 24.0 Å². The van der Waals surface area contributed by atoms with Crippen molar-refractivity contribution >= 4 is 5.91 Å². The van der Waals surface area contributed by atoms with Gasteiger partial charge >= 0.3 is 0 Å². The van der Waals surface area contributed by atoms with Crippen LogP contribution in [-0.4, -0.2) is 34.9 Å². The van der Waals surface area contributed by atoms with E-state index in [0.717, 1.165) is 19.4 Å². The monoisotopic (exact) mass is 235 g/mol. The Morgan fingerprint density at radius 2 is 2.41 bits per heavy atom. The van der Waals surface area contributed by atoms with Gasteiger partial charge in [0.25, 0.3) is 5.91 Å². The number of amides is 1. The number of carbonyl (C=O) groups is 1. The third-order valence-electron chi connectivity index (χ3n) is 3.75. The van der Waals surface area contributed by atoms with Crippen LogP contribution in [0.4, 0.5) is 0 Å². The predicted octanol–water partition coefficient (Wildman–Crippen LogP) is 1.60. The first kappa shape index (κ1) is 12.2. The van der Waals surface area contributed by atoms with E-state index in [1.54, 1.807) is 6.20 Å². The Labute approximate surface area is 102 Å². The fraction of sp³-hybridized carbons (Fsp3) is 0.615. The normalized spacial score (nSPS) is 23.9. The molecular weight excluding hydrogens is 214 g/mol. The maximum atomic E-state index is 12.3. The summed E-state index contributed by atoms with van der Waals surface area (Å²) in [6, 6.07) is 4.01. The molecule has 2 atom stereocenters. The van der Waals surface area contributed by atoms with E-state index in [1.807, 2.05) is 24.0 Å². The van der Waals surface area contributed by atoms with E-state index < -0.39 is 0 Å². The lowest BCUT2D eigenvalue weighted by atomic mass is 10.0. The molecule has 1 aromatic rings. The second-order valence-electron chi connectivity index (χ2n) is 4.67. The summed E-state index contributed by atoms with van der Waals surface area (Å²) in [6.07, 6.45) is 5.20. The summed E-state index contributed by atoms with van der Waals surface area (Å²) in [7, 11) is 0. The zero-order chi connectivity index (χ0) is 12.3. The molecule has 0 aliphatic heterocycles. The van der Waals surface area contributed by atoms with Crippen LogP contribution >= 0.6 is 0 Å². The van der Waals surface area contributed by atoms with Crippen molar-refractivity contribution in [2.24, 2.45) is 11.7 Å². The molecule has 2 unspecified atom stereocenters. The maximum Gasteiger partial charge on any atom is 0.270 e. The van der Waals surface area contributed by atoms with Crippen LogP contribution in [-0.2, 0) is 0 Å². The van der Waals surface area contributed by atoms with E-state index in [2.05, 4.69) is 4.98 Å². The van der Waals surface area contributed by atoms with Gasteiger partial charge in [-0.15, -0.1) is 0 Å². The average Bonchev–Trinajstić information content (AvgIpc) is 3.01. The Bertz CT molecular complexity index is 361. The average molecular weight is 235 g/mol. The minimum atomic E-state index is 0.0999. The van der Waals surface area contributed by atoms with Crippen LogP contribution in [0, 0.1) is 5.92 Å². The lowest BCUT2D eigenvalue weighted by Crippen LogP contribution is -2.44. The molecule has 0 bridgehead atoms. The summed E-state index contributed by atoms with van der Waals surface area (Å²) >= 11 is 0. The molecule has 0 aromatic carbocycles. The predicted molar refractivity (Wildman–Crippen MR) is 67.7 cm³/mol. The number of hydrogen-bond acceptors (Lipinski definition) is 2. The van der Waals surface area contributed by atoms with Gasteiger partial charge in [0.15, 0.2) is 0 Å². The summed E-state index contributed by atoms with van der Waals surface area (Å²) in [5.74, 6) is 0.566. The third-order valence-corrected chi connectivity index (χ3v) is 3.75. The van der Waals surface area contributed by atoms with E-state index in [9.17, 15) is 4.79 Å². The lowest BCUT2D eigenvalue weighted by Gasteiger charge is -2.31. The molecule has 0 radical (unpaired) electrons. The third kappa shape index (κ3) is 2.36. The van der Waals surface area contributed by atoms with Crippen molar-refractivity contribution in [1.82, 2.24) is 9.88 Å². The number of nitrogens with two attached hydrogens (primary N) is 1. The summed E-state index contributed by atoms with van der Waals surface area (Å²) in [4.78, 5) is 17.3. The summed E-state index contributed by atoms with van der Waals surface area (Å²) in [5.41, 5.74) is 6.47. The number of hydrogen-bond donors (Lipinski definition) is 2. The molecule has 1 fully saturated rings. The first-order valence-electron chi connectivity index (χ1n) is 6.42. The van der Waals surface area contributed by atoms with Gasteiger partial charge in [0.2, 0.25) is 0 Å². The molecule has 0 spiro atoms. The maximum absolute atomic E-state index is 12.3. The zero-order valence-corrected chi connectivity index (χ0v) is 10.4. The molecule has 17 heavy (non-hydrogen) atoms. The van der Waals surface area contributed by atoms with Crippen molar-refractivity contribution in [3.8, 4) is 0 Å². The van der Waals surface area contributed by atoms with Crippen LogP contribution in [0.15, 0.2) is 18.3 Å². The number of H-pyrrole nitrogens is 1. The van der Waals surface area contributed by atoms with Crippen molar-refractivity contribution < 1.29 is 4.79 Å². The first-order chi connectivity index (χ1) is 8.27. The highest BCUT2D eigenvalue weighted by atomic mass is 16.2. The van der Waals surface area contributed by atoms with Gasteiger partial charge in [-0.25, -0.2) is 0 Å². The molecule has 1 aliphatic carbocycles. The van der Waals surface area contributed by atoms with E-state index in [1.165, 1.54) is 6.42 Å². The highest BCUT2D eigenvalue weighted by Gasteiger charge is 2.33. The van der Waals surface area contributed by atoms with Crippen molar-refractivity contribution in [2.45, 2.75) is 32.2 Å². The molecule has 0 saturated heterocycles. The first-order valence-corrected chi connectivity index (χ1v) is 6.42. The second-order valence-corrected chi connectivity index (χ2v) is 4.67. The number of aromatic amines is 1. The molecule has 1 aliphatic rings. The van der Waals surface area contributed by atoms with E-state index in [-0.39, 0.29) is 5.91 Å². The SMILES string of the molecule is CCN(C(=O)c1ccc[nH]1)C1CCCC1CN. The second kappa shape index (κ2) is 5.36. The summed E-state index contributed by atoms with van der Waals surface area (Å²) in [5, 5.41) is 0. The molecule has 4 heteroatoms. The van der Waals surface area contributed by atoms with Gasteiger partial charge in [-0.1, -0.05) is 6.42 Å². The molecule has 3 N–H and O–H groups in total. The van der Waals surface area contributed by atoms with Crippen LogP contribution in [0.2, 0.25) is 0 Å². The van der Waals surface area contributed by atoms with Crippen LogP contribution in [0.1, 0.15) is 36.7 Å². The van der Waals surface area contributed by atoms with Crippen molar-refractivity contribution in [1.29, 1.82) is 0 Å². The zero-order valence-electron chi connectivity index (χ0n) is 10.4. The van der Waals surface area contributed by atoms with Gasteiger partial charge in [0.05, 0.1) is 0 Å². The van der Waals surface area contributed by atoms with Crippen molar-refractivity contribution in [2.75, 3.05) is 13.1 Å². The number of aromatic nitrogens is 1. The summed E-state index contributed by atoms with van der Waals surface area (Å²) < 4.78 is 0. The topological polar surface area (TPSA) is 62.1 Å². The van der Waals surface area contributed by atoms with Gasteiger partial charge < -0.3 is 15.6 Å². The quantitative estimate of drug-likeness (QED) is 0.832. The molecule has 1 heterocycles. The molecule has 1 saturated carbocycles. The number of carbonyl (C=O) groups excluding carboxylic acids is 1. The Hall–Kier alpha value is -1.29. The lowest BCUT2D eigenvalue weighted by molar-refractivity contribution is 0.0646. The van der Waals surface area contributed by atoms with E-state index in [4.69, 9.17) is 5.73 Å². The Morgan fingerprint density at radius 3 is 3.00 bits per heavy atom.